The lowest BCUT2D eigenvalue weighted by molar-refractivity contribution is -0.885. The molecule has 0 radical (unpaired) electrons. The maximum atomic E-state index is 3.36. The van der Waals surface area contributed by atoms with Crippen molar-refractivity contribution in [3.63, 3.8) is 0 Å². The smallest absolute Gasteiger partial charge is 0.0975 e. The quantitative estimate of drug-likeness (QED) is 0.721. The van der Waals surface area contributed by atoms with Crippen molar-refractivity contribution in [3.05, 3.63) is 42.1 Å². The molecule has 1 aromatic heterocycles. The van der Waals surface area contributed by atoms with Crippen LogP contribution in [0.3, 0.4) is 0 Å². The molecule has 0 fully saturated rings. The van der Waals surface area contributed by atoms with E-state index < -0.39 is 0 Å². The minimum absolute atomic E-state index is 1.10. The van der Waals surface area contributed by atoms with Gasteiger partial charge in [-0.15, -0.1) is 0 Å². The van der Waals surface area contributed by atoms with Gasteiger partial charge in [0.15, 0.2) is 0 Å². The molecule has 2 heterocycles. The summed E-state index contributed by atoms with van der Waals surface area (Å²) in [4.78, 5) is 3.36. The van der Waals surface area contributed by atoms with Crippen LogP contribution in [0, 0.1) is 0 Å². The van der Waals surface area contributed by atoms with Crippen molar-refractivity contribution in [2.45, 2.75) is 6.42 Å². The summed E-state index contributed by atoms with van der Waals surface area (Å²) in [6, 6.07) is 8.54. The second-order valence-corrected chi connectivity index (χ2v) is 5.57. The van der Waals surface area contributed by atoms with Crippen LogP contribution >= 0.6 is 0 Å². The summed E-state index contributed by atoms with van der Waals surface area (Å²) < 4.78 is 1.10. The number of benzene rings is 1. The molecular weight excluding hydrogens is 208 g/mol. The van der Waals surface area contributed by atoms with Gasteiger partial charge in [-0.3, -0.25) is 0 Å². The van der Waals surface area contributed by atoms with Crippen LogP contribution in [0.1, 0.15) is 12.0 Å². The molecule has 0 saturated carbocycles. The summed E-state index contributed by atoms with van der Waals surface area (Å²) in [5.41, 5.74) is 4.13. The van der Waals surface area contributed by atoms with Gasteiger partial charge in [-0.25, -0.2) is 0 Å². The van der Waals surface area contributed by atoms with Gasteiger partial charge >= 0.3 is 0 Å². The molecule has 1 aromatic carbocycles. The van der Waals surface area contributed by atoms with Crippen molar-refractivity contribution in [1.82, 2.24) is 4.98 Å². The van der Waals surface area contributed by atoms with Gasteiger partial charge in [0.25, 0.3) is 0 Å². The van der Waals surface area contributed by atoms with Crippen molar-refractivity contribution in [2.24, 2.45) is 0 Å². The van der Waals surface area contributed by atoms with Gasteiger partial charge in [0.1, 0.15) is 0 Å². The molecule has 0 bridgehead atoms. The second-order valence-electron chi connectivity index (χ2n) is 5.57. The minimum atomic E-state index is 1.10. The fourth-order valence-electron chi connectivity index (χ4n) is 2.56. The van der Waals surface area contributed by atoms with E-state index in [0.717, 1.165) is 11.0 Å². The standard InChI is InChI=1S/C15H19N2/c1-17(2)9-7-12(8-10-17)14-11-16-15-6-4-3-5-13(14)15/h3-7,11,16H,8-10H2,1-2H3/q+1. The third-order valence-corrected chi connectivity index (χ3v) is 3.75. The Bertz CT molecular complexity index is 575. The first-order valence-corrected chi connectivity index (χ1v) is 6.23. The molecule has 1 aliphatic heterocycles. The summed E-state index contributed by atoms with van der Waals surface area (Å²) in [5.74, 6) is 0. The first kappa shape index (κ1) is 10.6. The highest BCUT2D eigenvalue weighted by Gasteiger charge is 2.21. The van der Waals surface area contributed by atoms with Crippen molar-refractivity contribution < 1.29 is 4.48 Å². The van der Waals surface area contributed by atoms with E-state index in [1.165, 1.54) is 35.0 Å². The van der Waals surface area contributed by atoms with Crippen LogP contribution in [0.2, 0.25) is 0 Å². The Balaban J connectivity index is 2.03. The Hall–Kier alpha value is -1.54. The average molecular weight is 227 g/mol. The Kier molecular flexibility index (Phi) is 2.33. The van der Waals surface area contributed by atoms with Crippen molar-refractivity contribution in [2.75, 3.05) is 27.2 Å². The highest BCUT2D eigenvalue weighted by molar-refractivity contribution is 5.92. The van der Waals surface area contributed by atoms with E-state index in [1.54, 1.807) is 0 Å². The predicted octanol–water partition coefficient (Wildman–Crippen LogP) is 3.03. The van der Waals surface area contributed by atoms with Gasteiger partial charge in [0, 0.05) is 29.1 Å². The second kappa shape index (κ2) is 3.74. The first-order valence-electron chi connectivity index (χ1n) is 6.23. The molecule has 0 unspecified atom stereocenters. The van der Waals surface area contributed by atoms with Gasteiger partial charge in [-0.1, -0.05) is 18.2 Å². The maximum absolute atomic E-state index is 3.36. The number of para-hydroxylation sites is 1. The van der Waals surface area contributed by atoms with Gasteiger partial charge < -0.3 is 9.47 Å². The Morgan fingerprint density at radius 3 is 2.76 bits per heavy atom. The number of aromatic nitrogens is 1. The van der Waals surface area contributed by atoms with E-state index in [2.05, 4.69) is 55.6 Å². The predicted molar refractivity (Wildman–Crippen MR) is 72.7 cm³/mol. The monoisotopic (exact) mass is 227 g/mol. The third kappa shape index (κ3) is 1.89. The normalized spacial score (nSPS) is 19.3. The fourth-order valence-corrected chi connectivity index (χ4v) is 2.56. The first-order chi connectivity index (χ1) is 8.16. The average Bonchev–Trinajstić information content (AvgIpc) is 2.73. The molecule has 0 atom stereocenters. The van der Waals surface area contributed by atoms with Crippen molar-refractivity contribution in [1.29, 1.82) is 0 Å². The summed E-state index contributed by atoms with van der Waals surface area (Å²) in [5, 5.41) is 1.35. The molecule has 1 aliphatic rings. The maximum Gasteiger partial charge on any atom is 0.0975 e. The largest absolute Gasteiger partial charge is 0.361 e. The van der Waals surface area contributed by atoms with Crippen LogP contribution in [-0.4, -0.2) is 36.7 Å². The van der Waals surface area contributed by atoms with Gasteiger partial charge in [-0.05, 0) is 17.7 Å². The molecule has 88 valence electrons. The fraction of sp³-hybridized carbons (Fsp3) is 0.333. The van der Waals surface area contributed by atoms with Crippen molar-refractivity contribution >= 4 is 16.5 Å². The van der Waals surface area contributed by atoms with Crippen LogP contribution in [0.15, 0.2) is 36.5 Å². The zero-order valence-electron chi connectivity index (χ0n) is 10.5. The van der Waals surface area contributed by atoms with Crippen LogP contribution in [0.25, 0.3) is 16.5 Å². The number of nitrogens with zero attached hydrogens (tertiary/aromatic N) is 1. The van der Waals surface area contributed by atoms with Crippen molar-refractivity contribution in [3.8, 4) is 0 Å². The van der Waals surface area contributed by atoms with Gasteiger partial charge in [0.2, 0.25) is 0 Å². The number of aromatic amines is 1. The van der Waals surface area contributed by atoms with Gasteiger partial charge in [0.05, 0.1) is 27.2 Å². The summed E-state index contributed by atoms with van der Waals surface area (Å²) in [6.45, 7) is 2.36. The number of quaternary nitrogens is 1. The van der Waals surface area contributed by atoms with E-state index >= 15 is 0 Å². The third-order valence-electron chi connectivity index (χ3n) is 3.75. The molecule has 2 nitrogen and oxygen atoms in total. The van der Waals surface area contributed by atoms with E-state index in [4.69, 9.17) is 0 Å². The number of likely N-dealkylation sites (N-methyl/N-ethyl adjacent to an activating group) is 1. The lowest BCUT2D eigenvalue weighted by Gasteiger charge is -2.32. The summed E-state index contributed by atoms with van der Waals surface area (Å²) >= 11 is 0. The van der Waals surface area contributed by atoms with Crippen LogP contribution in [0.5, 0.6) is 0 Å². The molecule has 1 N–H and O–H groups in total. The zero-order valence-corrected chi connectivity index (χ0v) is 10.5. The minimum Gasteiger partial charge on any atom is -0.361 e. The van der Waals surface area contributed by atoms with E-state index in [9.17, 15) is 0 Å². The molecule has 2 aromatic rings. The summed E-state index contributed by atoms with van der Waals surface area (Å²) in [7, 11) is 4.59. The highest BCUT2D eigenvalue weighted by atomic mass is 15.3. The number of hydrogen-bond acceptors (Lipinski definition) is 0. The molecular formula is C15H19N2+. The van der Waals surface area contributed by atoms with E-state index in [-0.39, 0.29) is 0 Å². The SMILES string of the molecule is C[N+]1(C)CC=C(c2c[nH]c3ccccc23)CC1. The Morgan fingerprint density at radius 2 is 2.00 bits per heavy atom. The molecule has 0 aliphatic carbocycles. The van der Waals surface area contributed by atoms with E-state index in [0.29, 0.717) is 0 Å². The number of rotatable bonds is 1. The lowest BCUT2D eigenvalue weighted by atomic mass is 9.98. The number of hydrogen-bond donors (Lipinski definition) is 1. The Morgan fingerprint density at radius 1 is 1.18 bits per heavy atom. The molecule has 17 heavy (non-hydrogen) atoms. The molecule has 2 heteroatoms. The van der Waals surface area contributed by atoms with Crippen LogP contribution in [0.4, 0.5) is 0 Å². The Labute approximate surface area is 102 Å². The zero-order chi connectivity index (χ0) is 11.9. The molecule has 0 amide bonds. The number of nitrogens with one attached hydrogen (secondary N) is 1. The van der Waals surface area contributed by atoms with Gasteiger partial charge in [-0.2, -0.15) is 0 Å². The number of H-pyrrole nitrogens is 1. The highest BCUT2D eigenvalue weighted by Crippen LogP contribution is 2.29. The molecule has 0 spiro atoms. The molecule has 0 saturated heterocycles. The topological polar surface area (TPSA) is 15.8 Å². The summed E-state index contributed by atoms with van der Waals surface area (Å²) in [6.07, 6.45) is 5.73. The lowest BCUT2D eigenvalue weighted by Crippen LogP contribution is -2.42. The molecule has 3 rings (SSSR count). The van der Waals surface area contributed by atoms with Crippen LogP contribution in [-0.2, 0) is 0 Å². The van der Waals surface area contributed by atoms with E-state index in [1.807, 2.05) is 0 Å². The number of fused-ring (bicyclic) bond motifs is 1. The van der Waals surface area contributed by atoms with Crippen LogP contribution < -0.4 is 0 Å².